The van der Waals surface area contributed by atoms with Crippen molar-refractivity contribution in [1.82, 2.24) is 0 Å². The summed E-state index contributed by atoms with van der Waals surface area (Å²) in [5.74, 6) is 0.578. The Bertz CT molecular complexity index is 340. The van der Waals surface area contributed by atoms with Crippen molar-refractivity contribution in [2.45, 2.75) is 12.8 Å². The summed E-state index contributed by atoms with van der Waals surface area (Å²) in [5, 5.41) is 0. The monoisotopic (exact) mass is 221 g/mol. The van der Waals surface area contributed by atoms with Gasteiger partial charge in [-0.2, -0.15) is 0 Å². The van der Waals surface area contributed by atoms with Gasteiger partial charge >= 0.3 is 0 Å². The Kier molecular flexibility index (Phi) is 3.68. The van der Waals surface area contributed by atoms with Crippen LogP contribution in [0.25, 0.3) is 6.08 Å². The molecule has 0 saturated carbocycles. The highest BCUT2D eigenvalue weighted by molar-refractivity contribution is 6.19. The second-order valence-corrected chi connectivity index (χ2v) is 4.12. The molecule has 15 heavy (non-hydrogen) atoms. The highest BCUT2D eigenvalue weighted by Gasteiger charge is 2.13. The molecule has 0 amide bonds. The van der Waals surface area contributed by atoms with Gasteiger partial charge in [0.2, 0.25) is 0 Å². The summed E-state index contributed by atoms with van der Waals surface area (Å²) in [4.78, 5) is 2.45. The van der Waals surface area contributed by atoms with Crippen molar-refractivity contribution in [2.75, 3.05) is 23.9 Å². The van der Waals surface area contributed by atoms with Crippen LogP contribution < -0.4 is 4.90 Å². The van der Waals surface area contributed by atoms with Crippen LogP contribution in [0.5, 0.6) is 0 Å². The van der Waals surface area contributed by atoms with E-state index in [-0.39, 0.29) is 0 Å². The lowest BCUT2D eigenvalue weighted by Crippen LogP contribution is -2.18. The Morgan fingerprint density at radius 2 is 1.93 bits per heavy atom. The van der Waals surface area contributed by atoms with Crippen LogP contribution in [0.2, 0.25) is 0 Å². The lowest BCUT2D eigenvalue weighted by molar-refractivity contribution is 0.949. The molecule has 0 N–H and O–H groups in total. The van der Waals surface area contributed by atoms with Gasteiger partial charge < -0.3 is 4.90 Å². The second-order valence-electron chi connectivity index (χ2n) is 3.81. The predicted molar refractivity (Wildman–Crippen MR) is 67.6 cm³/mol. The number of hydrogen-bond acceptors (Lipinski definition) is 1. The minimum Gasteiger partial charge on any atom is -0.371 e. The Hall–Kier alpha value is -0.950. The predicted octanol–water partition coefficient (Wildman–Crippen LogP) is 3.54. The van der Waals surface area contributed by atoms with Gasteiger partial charge in [0, 0.05) is 24.7 Å². The molecule has 2 rings (SSSR count). The zero-order valence-electron chi connectivity index (χ0n) is 8.82. The first-order chi connectivity index (χ1) is 7.42. The van der Waals surface area contributed by atoms with Crippen molar-refractivity contribution in [3.8, 4) is 0 Å². The van der Waals surface area contributed by atoms with E-state index in [1.54, 1.807) is 0 Å². The van der Waals surface area contributed by atoms with Gasteiger partial charge in [0.25, 0.3) is 0 Å². The average Bonchev–Trinajstić information content (AvgIpc) is 2.80. The molecule has 2 heteroatoms. The minimum absolute atomic E-state index is 0.578. The van der Waals surface area contributed by atoms with Gasteiger partial charge in [0.1, 0.15) is 0 Å². The standard InChI is InChI=1S/C13H16ClN/c14-9-5-7-12-6-1-2-8-13(12)15-10-3-4-11-15/h1-2,5-8H,3-4,9-11H2. The quantitative estimate of drug-likeness (QED) is 0.706. The zero-order valence-corrected chi connectivity index (χ0v) is 9.58. The van der Waals surface area contributed by atoms with Crippen molar-refractivity contribution < 1.29 is 0 Å². The zero-order chi connectivity index (χ0) is 10.5. The number of benzene rings is 1. The van der Waals surface area contributed by atoms with Gasteiger partial charge in [-0.25, -0.2) is 0 Å². The normalized spacial score (nSPS) is 16.5. The van der Waals surface area contributed by atoms with Crippen molar-refractivity contribution >= 4 is 23.4 Å². The fourth-order valence-electron chi connectivity index (χ4n) is 2.05. The third-order valence-electron chi connectivity index (χ3n) is 2.77. The molecule has 80 valence electrons. The van der Waals surface area contributed by atoms with Gasteiger partial charge in [0.15, 0.2) is 0 Å². The summed E-state index contributed by atoms with van der Waals surface area (Å²) in [6, 6.07) is 8.52. The fraction of sp³-hybridized carbons (Fsp3) is 0.385. The number of allylic oxidation sites excluding steroid dienone is 1. The highest BCUT2D eigenvalue weighted by Crippen LogP contribution is 2.25. The van der Waals surface area contributed by atoms with E-state index < -0.39 is 0 Å². The van der Waals surface area contributed by atoms with E-state index in [2.05, 4.69) is 35.2 Å². The first-order valence-corrected chi connectivity index (χ1v) is 6.02. The third kappa shape index (κ3) is 2.54. The van der Waals surface area contributed by atoms with Crippen molar-refractivity contribution in [3.05, 3.63) is 35.9 Å². The van der Waals surface area contributed by atoms with Crippen LogP contribution in [0.15, 0.2) is 30.3 Å². The molecule has 0 atom stereocenters. The SMILES string of the molecule is ClCC=Cc1ccccc1N1CCCC1. The molecule has 0 aromatic heterocycles. The molecule has 0 bridgehead atoms. The smallest absolute Gasteiger partial charge is 0.0439 e. The first kappa shape index (κ1) is 10.6. The Morgan fingerprint density at radius 1 is 1.20 bits per heavy atom. The number of hydrogen-bond donors (Lipinski definition) is 0. The van der Waals surface area contributed by atoms with E-state index in [1.807, 2.05) is 6.08 Å². The Labute approximate surface area is 96.4 Å². The number of alkyl halides is 1. The molecule has 0 spiro atoms. The van der Waals surface area contributed by atoms with Crippen LogP contribution in [0, 0.1) is 0 Å². The summed E-state index contributed by atoms with van der Waals surface area (Å²) in [6.45, 7) is 2.37. The molecule has 1 aromatic carbocycles. The molecule has 1 saturated heterocycles. The molecular weight excluding hydrogens is 206 g/mol. The lowest BCUT2D eigenvalue weighted by atomic mass is 10.1. The Balaban J connectivity index is 2.24. The molecule has 1 heterocycles. The molecule has 0 radical (unpaired) electrons. The van der Waals surface area contributed by atoms with Crippen molar-refractivity contribution in [3.63, 3.8) is 0 Å². The van der Waals surface area contributed by atoms with Gasteiger partial charge in [-0.1, -0.05) is 30.4 Å². The molecule has 1 aliphatic heterocycles. The highest BCUT2D eigenvalue weighted by atomic mass is 35.5. The molecule has 0 unspecified atom stereocenters. The van der Waals surface area contributed by atoms with Gasteiger partial charge in [0.05, 0.1) is 0 Å². The molecule has 1 aliphatic rings. The maximum absolute atomic E-state index is 5.66. The van der Waals surface area contributed by atoms with E-state index in [4.69, 9.17) is 11.6 Å². The molecule has 1 aromatic rings. The largest absolute Gasteiger partial charge is 0.371 e. The summed E-state index contributed by atoms with van der Waals surface area (Å²) >= 11 is 5.66. The number of nitrogens with zero attached hydrogens (tertiary/aromatic N) is 1. The van der Waals surface area contributed by atoms with Crippen LogP contribution in [-0.2, 0) is 0 Å². The Morgan fingerprint density at radius 3 is 2.67 bits per heavy atom. The van der Waals surface area contributed by atoms with Crippen LogP contribution in [0.4, 0.5) is 5.69 Å². The molecule has 1 fully saturated rings. The number of anilines is 1. The third-order valence-corrected chi connectivity index (χ3v) is 2.95. The fourth-order valence-corrected chi connectivity index (χ4v) is 2.14. The first-order valence-electron chi connectivity index (χ1n) is 5.48. The molecular formula is C13H16ClN. The van der Waals surface area contributed by atoms with E-state index in [0.717, 1.165) is 0 Å². The second kappa shape index (κ2) is 5.22. The topological polar surface area (TPSA) is 3.24 Å². The summed E-state index contributed by atoms with van der Waals surface area (Å²) < 4.78 is 0. The minimum atomic E-state index is 0.578. The number of rotatable bonds is 3. The van der Waals surface area contributed by atoms with Crippen LogP contribution in [0.3, 0.4) is 0 Å². The summed E-state index contributed by atoms with van der Waals surface area (Å²) in [6.07, 6.45) is 6.73. The summed E-state index contributed by atoms with van der Waals surface area (Å²) in [5.41, 5.74) is 2.62. The van der Waals surface area contributed by atoms with E-state index in [1.165, 1.54) is 37.2 Å². The number of halogens is 1. The maximum Gasteiger partial charge on any atom is 0.0439 e. The van der Waals surface area contributed by atoms with Gasteiger partial charge in [-0.05, 0) is 24.5 Å². The van der Waals surface area contributed by atoms with Crippen LogP contribution in [0.1, 0.15) is 18.4 Å². The van der Waals surface area contributed by atoms with E-state index in [0.29, 0.717) is 5.88 Å². The molecule has 1 nitrogen and oxygen atoms in total. The van der Waals surface area contributed by atoms with Crippen molar-refractivity contribution in [1.29, 1.82) is 0 Å². The summed E-state index contributed by atoms with van der Waals surface area (Å²) in [7, 11) is 0. The van der Waals surface area contributed by atoms with Crippen LogP contribution in [-0.4, -0.2) is 19.0 Å². The number of para-hydroxylation sites is 1. The van der Waals surface area contributed by atoms with Gasteiger partial charge in [-0.3, -0.25) is 0 Å². The average molecular weight is 222 g/mol. The molecule has 0 aliphatic carbocycles. The maximum atomic E-state index is 5.66. The van der Waals surface area contributed by atoms with E-state index in [9.17, 15) is 0 Å². The van der Waals surface area contributed by atoms with Crippen molar-refractivity contribution in [2.24, 2.45) is 0 Å². The van der Waals surface area contributed by atoms with Crippen LogP contribution >= 0.6 is 11.6 Å². The van der Waals surface area contributed by atoms with Gasteiger partial charge in [-0.15, -0.1) is 11.6 Å². The lowest BCUT2D eigenvalue weighted by Gasteiger charge is -2.19. The van der Waals surface area contributed by atoms with E-state index >= 15 is 0 Å².